The predicted molar refractivity (Wildman–Crippen MR) is 88.6 cm³/mol. The van der Waals surface area contributed by atoms with E-state index in [-0.39, 0.29) is 23.1 Å². The highest BCUT2D eigenvalue weighted by molar-refractivity contribution is 5.70. The highest BCUT2D eigenvalue weighted by Crippen LogP contribution is 2.28. The molecule has 0 aromatic carbocycles. The van der Waals surface area contributed by atoms with E-state index in [4.69, 9.17) is 4.52 Å². The van der Waals surface area contributed by atoms with E-state index in [1.807, 2.05) is 6.92 Å². The van der Waals surface area contributed by atoms with Gasteiger partial charge in [0.05, 0.1) is 6.20 Å². The summed E-state index contributed by atoms with van der Waals surface area (Å²) in [6, 6.07) is 5.99. The van der Waals surface area contributed by atoms with Gasteiger partial charge in [-0.3, -0.25) is 4.98 Å². The zero-order valence-corrected chi connectivity index (χ0v) is 13.5. The van der Waals surface area contributed by atoms with Gasteiger partial charge in [-0.2, -0.15) is 4.98 Å². The average Bonchev–Trinajstić information content (AvgIpc) is 3.13. The molecule has 0 fully saturated rings. The maximum absolute atomic E-state index is 14.3. The van der Waals surface area contributed by atoms with Crippen LogP contribution >= 0.6 is 0 Å². The summed E-state index contributed by atoms with van der Waals surface area (Å²) >= 11 is 0. The maximum atomic E-state index is 14.3. The fraction of sp³-hybridized carbons (Fsp3) is 0.0556. The Bertz CT molecular complexity index is 1100. The van der Waals surface area contributed by atoms with E-state index in [0.29, 0.717) is 11.1 Å². The zero-order valence-electron chi connectivity index (χ0n) is 13.5. The maximum Gasteiger partial charge on any atom is 0.279 e. The Hall–Kier alpha value is -3.55. The molecule has 4 aromatic heterocycles. The van der Waals surface area contributed by atoms with Gasteiger partial charge in [0.25, 0.3) is 5.89 Å². The van der Waals surface area contributed by atoms with Crippen LogP contribution in [0.15, 0.2) is 53.6 Å². The van der Waals surface area contributed by atoms with Crippen LogP contribution in [0.1, 0.15) is 5.56 Å². The molecular weight excluding hydrogens is 340 g/mol. The van der Waals surface area contributed by atoms with E-state index in [0.717, 1.165) is 11.8 Å². The number of halogens is 2. The smallest absolute Gasteiger partial charge is 0.279 e. The van der Waals surface area contributed by atoms with E-state index in [2.05, 4.69) is 25.1 Å². The molecule has 0 aliphatic heterocycles. The molecule has 0 atom stereocenters. The number of hydrogen-bond acceptors (Lipinski definition) is 6. The quantitative estimate of drug-likeness (QED) is 0.558. The molecule has 0 amide bonds. The molecule has 0 bridgehead atoms. The summed E-state index contributed by atoms with van der Waals surface area (Å²) < 4.78 is 33.1. The van der Waals surface area contributed by atoms with E-state index >= 15 is 0 Å². The highest BCUT2D eigenvalue weighted by atomic mass is 19.1. The first-order chi connectivity index (χ1) is 12.6. The van der Waals surface area contributed by atoms with Crippen molar-refractivity contribution in [3.63, 3.8) is 0 Å². The summed E-state index contributed by atoms with van der Waals surface area (Å²) in [5.41, 5.74) is 2.04. The number of nitrogens with zero attached hydrogens (tertiary/aromatic N) is 5. The summed E-state index contributed by atoms with van der Waals surface area (Å²) in [6.45, 7) is 1.85. The number of pyridine rings is 3. The van der Waals surface area contributed by atoms with E-state index in [9.17, 15) is 8.78 Å². The predicted octanol–water partition coefficient (Wildman–Crippen LogP) is 3.84. The van der Waals surface area contributed by atoms with Crippen LogP contribution in [0.2, 0.25) is 0 Å². The average molecular weight is 351 g/mol. The van der Waals surface area contributed by atoms with Crippen LogP contribution in [-0.2, 0) is 0 Å². The summed E-state index contributed by atoms with van der Waals surface area (Å²) in [7, 11) is 0. The molecule has 0 unspecified atom stereocenters. The minimum atomic E-state index is -0.582. The Morgan fingerprint density at radius 1 is 0.962 bits per heavy atom. The molecule has 4 rings (SSSR count). The molecule has 128 valence electrons. The van der Waals surface area contributed by atoms with Gasteiger partial charge in [0.1, 0.15) is 11.5 Å². The first kappa shape index (κ1) is 15.9. The van der Waals surface area contributed by atoms with Gasteiger partial charge >= 0.3 is 0 Å². The Morgan fingerprint density at radius 2 is 1.85 bits per heavy atom. The second kappa shape index (κ2) is 6.40. The normalized spacial score (nSPS) is 10.9. The number of rotatable bonds is 3. The fourth-order valence-electron chi connectivity index (χ4n) is 2.48. The number of hydrogen-bond donors (Lipinski definition) is 0. The molecule has 0 radical (unpaired) electrons. The Morgan fingerprint density at radius 3 is 2.65 bits per heavy atom. The minimum Gasteiger partial charge on any atom is -0.332 e. The Kier molecular flexibility index (Phi) is 3.92. The van der Waals surface area contributed by atoms with Gasteiger partial charge in [0, 0.05) is 29.7 Å². The van der Waals surface area contributed by atoms with Crippen LogP contribution in [0.25, 0.3) is 34.2 Å². The van der Waals surface area contributed by atoms with Crippen LogP contribution in [0.5, 0.6) is 0 Å². The van der Waals surface area contributed by atoms with Crippen LogP contribution in [0, 0.1) is 18.6 Å². The van der Waals surface area contributed by atoms with Crippen molar-refractivity contribution in [3.8, 4) is 34.2 Å². The van der Waals surface area contributed by atoms with Gasteiger partial charge in [0.15, 0.2) is 11.5 Å². The zero-order chi connectivity index (χ0) is 18.1. The Labute approximate surface area is 146 Å². The molecule has 6 nitrogen and oxygen atoms in total. The summed E-state index contributed by atoms with van der Waals surface area (Å²) in [4.78, 5) is 16.0. The van der Waals surface area contributed by atoms with Gasteiger partial charge in [-0.15, -0.1) is 0 Å². The Balaban J connectivity index is 1.77. The lowest BCUT2D eigenvalue weighted by Gasteiger charge is -2.07. The summed E-state index contributed by atoms with van der Waals surface area (Å²) in [5, 5.41) is 3.80. The number of aromatic nitrogens is 5. The molecule has 4 aromatic rings. The highest BCUT2D eigenvalue weighted by Gasteiger charge is 2.18. The van der Waals surface area contributed by atoms with E-state index < -0.39 is 11.6 Å². The lowest BCUT2D eigenvalue weighted by atomic mass is 10.0. The lowest BCUT2D eigenvalue weighted by molar-refractivity contribution is 0.427. The molecule has 26 heavy (non-hydrogen) atoms. The van der Waals surface area contributed by atoms with Gasteiger partial charge in [-0.05, 0) is 36.8 Å². The first-order valence-electron chi connectivity index (χ1n) is 7.65. The second-order valence-electron chi connectivity index (χ2n) is 5.50. The van der Waals surface area contributed by atoms with Crippen molar-refractivity contribution in [1.82, 2.24) is 25.1 Å². The second-order valence-corrected chi connectivity index (χ2v) is 5.50. The molecule has 0 spiro atoms. The van der Waals surface area contributed by atoms with Crippen molar-refractivity contribution in [2.45, 2.75) is 6.92 Å². The third-order valence-electron chi connectivity index (χ3n) is 3.80. The van der Waals surface area contributed by atoms with Gasteiger partial charge in [-0.1, -0.05) is 5.16 Å². The third-order valence-corrected chi connectivity index (χ3v) is 3.80. The van der Waals surface area contributed by atoms with Crippen molar-refractivity contribution >= 4 is 0 Å². The largest absolute Gasteiger partial charge is 0.332 e. The molecule has 0 N–H and O–H groups in total. The topological polar surface area (TPSA) is 77.6 Å². The number of aryl methyl sites for hydroxylation is 1. The van der Waals surface area contributed by atoms with Crippen LogP contribution in [0.3, 0.4) is 0 Å². The van der Waals surface area contributed by atoms with Crippen molar-refractivity contribution in [1.29, 1.82) is 0 Å². The van der Waals surface area contributed by atoms with Crippen LogP contribution < -0.4 is 0 Å². The standard InChI is InChI=1S/C18H11F2N5O/c1-10-4-6-21-8-12(10)11-7-15(23-9-14(11)20)17-24-18(26-25-17)16-13(19)3-2-5-22-16/h2-9H,1H3. The lowest BCUT2D eigenvalue weighted by Crippen LogP contribution is -1.94. The van der Waals surface area contributed by atoms with Gasteiger partial charge < -0.3 is 4.52 Å². The molecule has 8 heteroatoms. The molecule has 0 aliphatic rings. The molecule has 0 saturated carbocycles. The molecular formula is C18H11F2N5O. The summed E-state index contributed by atoms with van der Waals surface area (Å²) in [6.07, 6.45) is 5.70. The van der Waals surface area contributed by atoms with E-state index in [1.165, 1.54) is 24.4 Å². The van der Waals surface area contributed by atoms with Gasteiger partial charge in [0.2, 0.25) is 5.82 Å². The van der Waals surface area contributed by atoms with Crippen molar-refractivity contribution in [2.24, 2.45) is 0 Å². The van der Waals surface area contributed by atoms with Crippen LogP contribution in [-0.4, -0.2) is 25.1 Å². The SMILES string of the molecule is Cc1ccncc1-c1cc(-c2noc(-c3ncccc3F)n2)ncc1F. The van der Waals surface area contributed by atoms with Crippen LogP contribution in [0.4, 0.5) is 8.78 Å². The fourth-order valence-corrected chi connectivity index (χ4v) is 2.48. The van der Waals surface area contributed by atoms with Crippen molar-refractivity contribution < 1.29 is 13.3 Å². The van der Waals surface area contributed by atoms with Crippen molar-refractivity contribution in [2.75, 3.05) is 0 Å². The monoisotopic (exact) mass is 351 g/mol. The molecule has 0 aliphatic carbocycles. The summed E-state index contributed by atoms with van der Waals surface area (Å²) in [5.74, 6) is -1.05. The van der Waals surface area contributed by atoms with E-state index in [1.54, 1.807) is 18.5 Å². The third kappa shape index (κ3) is 2.81. The first-order valence-corrected chi connectivity index (χ1v) is 7.65. The molecule has 0 saturated heterocycles. The van der Waals surface area contributed by atoms with Crippen molar-refractivity contribution in [3.05, 3.63) is 66.3 Å². The minimum absolute atomic E-state index is 0.0586. The molecule has 4 heterocycles. The van der Waals surface area contributed by atoms with Gasteiger partial charge in [-0.25, -0.2) is 18.7 Å².